The van der Waals surface area contributed by atoms with Crippen LogP contribution in [-0.4, -0.2) is 19.3 Å². The lowest BCUT2D eigenvalue weighted by molar-refractivity contribution is 0.103. The molecule has 2 aromatic carbocycles. The number of sulfonamides is 1. The first-order valence-electron chi connectivity index (χ1n) is 8.05. The van der Waals surface area contributed by atoms with E-state index in [9.17, 15) is 13.2 Å². The van der Waals surface area contributed by atoms with Gasteiger partial charge in [0.05, 0.1) is 9.92 Å². The van der Waals surface area contributed by atoms with Crippen molar-refractivity contribution in [3.63, 3.8) is 0 Å². The van der Waals surface area contributed by atoms with Crippen molar-refractivity contribution in [2.45, 2.75) is 4.90 Å². The molecule has 2 N–H and O–H groups in total. The fourth-order valence-electron chi connectivity index (χ4n) is 2.54. The maximum Gasteiger partial charge on any atom is 0.267 e. The zero-order chi connectivity index (χ0) is 20.6. The van der Waals surface area contributed by atoms with Crippen LogP contribution in [0.15, 0.2) is 58.9 Å². The van der Waals surface area contributed by atoms with Gasteiger partial charge >= 0.3 is 0 Å². The minimum absolute atomic E-state index is 0.0558. The number of thiophene rings is 1. The van der Waals surface area contributed by atoms with Crippen molar-refractivity contribution in [2.24, 2.45) is 0 Å². The molecule has 0 atom stereocenters. The zero-order valence-electron chi connectivity index (χ0n) is 14.3. The lowest BCUT2D eigenvalue weighted by Crippen LogP contribution is -2.13. The topological polar surface area (TPSA) is 88.2 Å². The van der Waals surface area contributed by atoms with Crippen LogP contribution >= 0.6 is 45.9 Å². The highest BCUT2D eigenvalue weighted by atomic mass is 35.5. The molecule has 0 bridgehead atoms. The number of rotatable bonds is 5. The van der Waals surface area contributed by atoms with Crippen molar-refractivity contribution < 1.29 is 13.2 Å². The first-order chi connectivity index (χ1) is 13.8. The molecule has 0 aliphatic carbocycles. The van der Waals surface area contributed by atoms with E-state index >= 15 is 0 Å². The normalized spacial score (nSPS) is 11.5. The van der Waals surface area contributed by atoms with Gasteiger partial charge in [0.2, 0.25) is 0 Å². The standard InChI is InChI=1S/C18H11Cl2N3O3S3/c19-10-1-6-13-14(9-10)28-16(15(13)20)17(24)22-11-2-4-12(5-3-11)29(25,26)23-18-21-7-8-27-18/h1-9H,(H,21,23)(H,22,24). The third-order valence-corrected chi connectivity index (χ3v) is 7.94. The average molecular weight is 484 g/mol. The number of fused-ring (bicyclic) bond motifs is 1. The average Bonchev–Trinajstić information content (AvgIpc) is 3.29. The van der Waals surface area contributed by atoms with Gasteiger partial charge in [0.25, 0.3) is 15.9 Å². The molecule has 1 amide bonds. The number of anilines is 2. The van der Waals surface area contributed by atoms with Gasteiger partial charge in [-0.25, -0.2) is 13.4 Å². The summed E-state index contributed by atoms with van der Waals surface area (Å²) in [7, 11) is -3.76. The Morgan fingerprint density at radius 2 is 1.83 bits per heavy atom. The quantitative estimate of drug-likeness (QED) is 0.379. The molecule has 2 heterocycles. The summed E-state index contributed by atoms with van der Waals surface area (Å²) in [6.45, 7) is 0. The van der Waals surface area contributed by atoms with E-state index in [-0.39, 0.29) is 15.9 Å². The summed E-state index contributed by atoms with van der Waals surface area (Å²) in [5.41, 5.74) is 0.440. The molecule has 2 aromatic heterocycles. The van der Waals surface area contributed by atoms with Gasteiger partial charge in [0.1, 0.15) is 4.88 Å². The predicted molar refractivity (Wildman–Crippen MR) is 119 cm³/mol. The molecule has 0 spiro atoms. The molecule has 0 saturated carbocycles. The highest BCUT2D eigenvalue weighted by Gasteiger charge is 2.19. The van der Waals surface area contributed by atoms with Crippen LogP contribution in [0, 0.1) is 0 Å². The summed E-state index contributed by atoms with van der Waals surface area (Å²) in [5.74, 6) is -0.385. The van der Waals surface area contributed by atoms with Gasteiger partial charge in [-0.3, -0.25) is 9.52 Å². The Morgan fingerprint density at radius 3 is 2.52 bits per heavy atom. The molecule has 4 rings (SSSR count). The van der Waals surface area contributed by atoms with E-state index in [1.165, 1.54) is 53.1 Å². The number of aromatic nitrogens is 1. The van der Waals surface area contributed by atoms with Crippen LogP contribution < -0.4 is 10.0 Å². The highest BCUT2D eigenvalue weighted by Crippen LogP contribution is 2.37. The van der Waals surface area contributed by atoms with Crippen LogP contribution in [0.5, 0.6) is 0 Å². The van der Waals surface area contributed by atoms with Crippen molar-refractivity contribution >= 4 is 82.7 Å². The molecule has 0 radical (unpaired) electrons. The summed E-state index contributed by atoms with van der Waals surface area (Å²) in [6.07, 6.45) is 1.51. The van der Waals surface area contributed by atoms with Crippen molar-refractivity contribution in [2.75, 3.05) is 10.0 Å². The molecule has 6 nitrogen and oxygen atoms in total. The maximum absolute atomic E-state index is 12.6. The third-order valence-electron chi connectivity index (χ3n) is 3.87. The number of halogens is 2. The van der Waals surface area contributed by atoms with E-state index in [1.807, 2.05) is 0 Å². The van der Waals surface area contributed by atoms with Crippen LogP contribution in [0.1, 0.15) is 9.67 Å². The van der Waals surface area contributed by atoms with Gasteiger partial charge in [0.15, 0.2) is 5.13 Å². The number of hydrogen-bond donors (Lipinski definition) is 2. The summed E-state index contributed by atoms with van der Waals surface area (Å²) in [4.78, 5) is 16.9. The lowest BCUT2D eigenvalue weighted by Gasteiger charge is -2.07. The van der Waals surface area contributed by atoms with Gasteiger partial charge in [-0.1, -0.05) is 29.3 Å². The molecule has 148 valence electrons. The summed E-state index contributed by atoms with van der Waals surface area (Å²) in [6, 6.07) is 11.0. The van der Waals surface area contributed by atoms with Gasteiger partial charge in [-0.05, 0) is 36.4 Å². The number of benzene rings is 2. The van der Waals surface area contributed by atoms with E-state index in [2.05, 4.69) is 15.0 Å². The first kappa shape index (κ1) is 20.1. The van der Waals surface area contributed by atoms with Crippen molar-refractivity contribution in [1.82, 2.24) is 4.98 Å². The molecule has 0 unspecified atom stereocenters. The van der Waals surface area contributed by atoms with Crippen molar-refractivity contribution in [1.29, 1.82) is 0 Å². The molecule has 29 heavy (non-hydrogen) atoms. The summed E-state index contributed by atoms with van der Waals surface area (Å²) >= 11 is 14.7. The van der Waals surface area contributed by atoms with Crippen LogP contribution in [0.3, 0.4) is 0 Å². The van der Waals surface area contributed by atoms with E-state index in [4.69, 9.17) is 23.2 Å². The van der Waals surface area contributed by atoms with Crippen molar-refractivity contribution in [3.8, 4) is 0 Å². The fourth-order valence-corrected chi connectivity index (χ4v) is 6.02. The highest BCUT2D eigenvalue weighted by molar-refractivity contribution is 7.93. The lowest BCUT2D eigenvalue weighted by atomic mass is 10.2. The van der Waals surface area contributed by atoms with E-state index in [0.29, 0.717) is 20.6 Å². The van der Waals surface area contributed by atoms with Gasteiger partial charge in [-0.2, -0.15) is 0 Å². The molecule has 4 aromatic rings. The smallest absolute Gasteiger partial charge is 0.267 e. The number of thiazole rings is 1. The molecule has 0 fully saturated rings. The Bertz CT molecular complexity index is 1300. The third kappa shape index (κ3) is 4.24. The molecular weight excluding hydrogens is 473 g/mol. The molecular formula is C18H11Cl2N3O3S3. The predicted octanol–water partition coefficient (Wildman–Crippen LogP) is 5.72. The number of nitrogens with zero attached hydrogens (tertiary/aromatic N) is 1. The van der Waals surface area contributed by atoms with Crippen molar-refractivity contribution in [3.05, 3.63) is 69.0 Å². The second kappa shape index (κ2) is 7.92. The fraction of sp³-hybridized carbons (Fsp3) is 0. The maximum atomic E-state index is 12.6. The van der Waals surface area contributed by atoms with Gasteiger partial charge in [0, 0.05) is 32.4 Å². The second-order valence-electron chi connectivity index (χ2n) is 5.81. The number of amides is 1. The largest absolute Gasteiger partial charge is 0.321 e. The molecule has 0 aliphatic rings. The van der Waals surface area contributed by atoms with Gasteiger partial charge < -0.3 is 5.32 Å². The van der Waals surface area contributed by atoms with Crippen LogP contribution in [0.4, 0.5) is 10.8 Å². The number of carbonyl (C=O) groups excluding carboxylic acids is 1. The van der Waals surface area contributed by atoms with Crippen LogP contribution in [0.2, 0.25) is 10.0 Å². The van der Waals surface area contributed by atoms with Crippen LogP contribution in [0.25, 0.3) is 10.1 Å². The molecule has 11 heteroatoms. The number of hydrogen-bond acceptors (Lipinski definition) is 6. The Hall–Kier alpha value is -2.17. The minimum atomic E-state index is -3.76. The number of carbonyl (C=O) groups is 1. The minimum Gasteiger partial charge on any atom is -0.321 e. The monoisotopic (exact) mass is 483 g/mol. The zero-order valence-corrected chi connectivity index (χ0v) is 18.3. The second-order valence-corrected chi connectivity index (χ2v) is 10.3. The van der Waals surface area contributed by atoms with Gasteiger partial charge in [-0.15, -0.1) is 22.7 Å². The first-order valence-corrected chi connectivity index (χ1v) is 12.0. The number of nitrogens with one attached hydrogen (secondary N) is 2. The Labute approximate surface area is 184 Å². The Morgan fingerprint density at radius 1 is 1.07 bits per heavy atom. The Kier molecular flexibility index (Phi) is 5.50. The molecule has 0 aliphatic heterocycles. The summed E-state index contributed by atoms with van der Waals surface area (Å²) in [5, 5.41) is 6.34. The summed E-state index contributed by atoms with van der Waals surface area (Å²) < 4.78 is 27.9. The van der Waals surface area contributed by atoms with E-state index in [0.717, 1.165) is 10.1 Å². The van der Waals surface area contributed by atoms with E-state index < -0.39 is 10.0 Å². The molecule has 0 saturated heterocycles. The van der Waals surface area contributed by atoms with E-state index in [1.54, 1.807) is 23.6 Å². The Balaban J connectivity index is 1.53. The van der Waals surface area contributed by atoms with Crippen LogP contribution in [-0.2, 0) is 10.0 Å². The SMILES string of the molecule is O=C(Nc1ccc(S(=O)(=O)Nc2nccs2)cc1)c1sc2cc(Cl)ccc2c1Cl.